The summed E-state index contributed by atoms with van der Waals surface area (Å²) in [5, 5.41) is 3.96. The minimum absolute atomic E-state index is 0.149. The molecule has 0 saturated carbocycles. The van der Waals surface area contributed by atoms with Gasteiger partial charge in [0.2, 0.25) is 11.8 Å². The van der Waals surface area contributed by atoms with Crippen molar-refractivity contribution in [3.63, 3.8) is 0 Å². The van der Waals surface area contributed by atoms with E-state index >= 15 is 0 Å². The molecule has 1 aromatic heterocycles. The number of nitrogens with zero attached hydrogens (tertiary/aromatic N) is 4. The molecule has 1 aromatic carbocycles. The second kappa shape index (κ2) is 8.01. The number of carbonyl (C=O) groups excluding carboxylic acids is 1. The molecule has 0 N–H and O–H groups in total. The average Bonchev–Trinajstić information content (AvgIpc) is 3.04. The lowest BCUT2D eigenvalue weighted by molar-refractivity contribution is -0.142. The highest BCUT2D eigenvalue weighted by Gasteiger charge is 2.32. The van der Waals surface area contributed by atoms with Gasteiger partial charge in [0.1, 0.15) is 0 Å². The van der Waals surface area contributed by atoms with Gasteiger partial charge < -0.3 is 9.42 Å². The second-order valence-corrected chi connectivity index (χ2v) is 7.30. The van der Waals surface area contributed by atoms with Gasteiger partial charge in [-0.2, -0.15) is 16.7 Å². The van der Waals surface area contributed by atoms with Crippen LogP contribution in [0.25, 0.3) is 0 Å². The number of piperazine rings is 1. The zero-order valence-corrected chi connectivity index (χ0v) is 15.8. The van der Waals surface area contributed by atoms with Gasteiger partial charge in [-0.05, 0) is 25.7 Å². The molecule has 3 rings (SSSR count). The first kappa shape index (κ1) is 17.9. The molecule has 1 fully saturated rings. The van der Waals surface area contributed by atoms with Crippen LogP contribution >= 0.6 is 11.8 Å². The summed E-state index contributed by atoms with van der Waals surface area (Å²) in [5.41, 5.74) is 2.40. The minimum atomic E-state index is -0.185. The molecule has 0 aliphatic carbocycles. The van der Waals surface area contributed by atoms with E-state index in [-0.39, 0.29) is 11.9 Å². The number of carbonyl (C=O) groups is 1. The summed E-state index contributed by atoms with van der Waals surface area (Å²) < 4.78 is 5.30. The molecule has 0 radical (unpaired) electrons. The van der Waals surface area contributed by atoms with E-state index in [4.69, 9.17) is 4.52 Å². The number of aryl methyl sites for hydroxylation is 1. The van der Waals surface area contributed by atoms with E-state index in [2.05, 4.69) is 46.2 Å². The largest absolute Gasteiger partial charge is 0.338 e. The summed E-state index contributed by atoms with van der Waals surface area (Å²) in [6.07, 6.45) is 2.00. The smallest absolute Gasteiger partial charge is 0.240 e. The molecular formula is C18H24N4O2S. The van der Waals surface area contributed by atoms with Gasteiger partial charge >= 0.3 is 0 Å². The van der Waals surface area contributed by atoms with Crippen LogP contribution in [-0.4, -0.2) is 51.2 Å². The molecule has 1 unspecified atom stereocenters. The predicted octanol–water partition coefficient (Wildman–Crippen LogP) is 2.47. The SMILES string of the molecule is CSCc1noc(CN2CCN(Cc3ccc(C)cc3)C(=O)C2C)n1. The van der Waals surface area contributed by atoms with Gasteiger partial charge in [0.15, 0.2) is 5.82 Å². The molecule has 7 heteroatoms. The fourth-order valence-corrected chi connectivity index (χ4v) is 3.35. The van der Waals surface area contributed by atoms with E-state index in [0.29, 0.717) is 31.3 Å². The van der Waals surface area contributed by atoms with Crippen molar-refractivity contribution >= 4 is 17.7 Å². The lowest BCUT2D eigenvalue weighted by Crippen LogP contribution is -2.54. The highest BCUT2D eigenvalue weighted by molar-refractivity contribution is 7.97. The van der Waals surface area contributed by atoms with E-state index in [9.17, 15) is 4.79 Å². The monoisotopic (exact) mass is 360 g/mol. The molecule has 0 spiro atoms. The van der Waals surface area contributed by atoms with E-state index in [0.717, 1.165) is 12.3 Å². The van der Waals surface area contributed by atoms with Gasteiger partial charge in [-0.15, -0.1) is 0 Å². The van der Waals surface area contributed by atoms with Crippen molar-refractivity contribution in [3.05, 3.63) is 47.1 Å². The lowest BCUT2D eigenvalue weighted by Gasteiger charge is -2.38. The molecule has 25 heavy (non-hydrogen) atoms. The molecule has 1 amide bonds. The van der Waals surface area contributed by atoms with Crippen LogP contribution in [0.3, 0.4) is 0 Å². The molecule has 0 bridgehead atoms. The van der Waals surface area contributed by atoms with Gasteiger partial charge in [-0.3, -0.25) is 9.69 Å². The first-order valence-electron chi connectivity index (χ1n) is 8.45. The third kappa shape index (κ3) is 4.41. The van der Waals surface area contributed by atoms with E-state index in [1.807, 2.05) is 18.1 Å². The summed E-state index contributed by atoms with van der Waals surface area (Å²) in [6.45, 7) is 6.71. The average molecular weight is 360 g/mol. The van der Waals surface area contributed by atoms with E-state index < -0.39 is 0 Å². The van der Waals surface area contributed by atoms with Gasteiger partial charge in [-0.25, -0.2) is 0 Å². The normalized spacial score (nSPS) is 18.8. The third-order valence-corrected chi connectivity index (χ3v) is 5.04. The van der Waals surface area contributed by atoms with Crippen LogP contribution in [0.1, 0.15) is 29.8 Å². The Labute approximate surface area is 152 Å². The van der Waals surface area contributed by atoms with Crippen molar-refractivity contribution in [1.82, 2.24) is 19.9 Å². The number of benzene rings is 1. The Hall–Kier alpha value is -1.86. The minimum Gasteiger partial charge on any atom is -0.338 e. The fraction of sp³-hybridized carbons (Fsp3) is 0.500. The van der Waals surface area contributed by atoms with Crippen molar-refractivity contribution in [3.8, 4) is 0 Å². The quantitative estimate of drug-likeness (QED) is 0.789. The van der Waals surface area contributed by atoms with E-state index in [1.54, 1.807) is 11.8 Å². The Morgan fingerprint density at radius 1 is 1.24 bits per heavy atom. The summed E-state index contributed by atoms with van der Waals surface area (Å²) in [4.78, 5) is 21.1. The standard InChI is InChI=1S/C18H24N4O2S/c1-13-4-6-15(7-5-13)10-22-9-8-21(14(2)18(22)23)11-17-19-16(12-25-3)20-24-17/h4-7,14H,8-12H2,1-3H3. The highest BCUT2D eigenvalue weighted by Crippen LogP contribution is 2.17. The summed E-state index contributed by atoms with van der Waals surface area (Å²) >= 11 is 1.66. The molecule has 1 atom stereocenters. The molecular weight excluding hydrogens is 336 g/mol. The van der Waals surface area contributed by atoms with E-state index in [1.165, 1.54) is 11.1 Å². The molecule has 2 aromatic rings. The number of aromatic nitrogens is 2. The number of thioether (sulfide) groups is 1. The van der Waals surface area contributed by atoms with Crippen LogP contribution in [0.5, 0.6) is 0 Å². The van der Waals surface area contributed by atoms with Crippen molar-refractivity contribution in [2.45, 2.75) is 38.7 Å². The maximum Gasteiger partial charge on any atom is 0.240 e. The summed E-state index contributed by atoms with van der Waals surface area (Å²) in [5.74, 6) is 2.17. The van der Waals surface area contributed by atoms with Gasteiger partial charge in [0, 0.05) is 19.6 Å². The topological polar surface area (TPSA) is 62.5 Å². The third-order valence-electron chi connectivity index (χ3n) is 4.49. The van der Waals surface area contributed by atoms with Crippen molar-refractivity contribution in [2.24, 2.45) is 0 Å². The maximum atomic E-state index is 12.7. The van der Waals surface area contributed by atoms with Crippen molar-refractivity contribution in [1.29, 1.82) is 0 Å². The number of hydrogen-bond acceptors (Lipinski definition) is 6. The van der Waals surface area contributed by atoms with Gasteiger partial charge in [0.05, 0.1) is 18.3 Å². The number of hydrogen-bond donors (Lipinski definition) is 0. The van der Waals surface area contributed by atoms with Crippen LogP contribution < -0.4 is 0 Å². The number of rotatable bonds is 6. The Morgan fingerprint density at radius 3 is 2.72 bits per heavy atom. The summed E-state index contributed by atoms with van der Waals surface area (Å²) in [7, 11) is 0. The van der Waals surface area contributed by atoms with Crippen LogP contribution in [-0.2, 0) is 23.6 Å². The first-order valence-corrected chi connectivity index (χ1v) is 9.85. The lowest BCUT2D eigenvalue weighted by atomic mass is 10.1. The van der Waals surface area contributed by atoms with Crippen LogP contribution in [0, 0.1) is 6.92 Å². The van der Waals surface area contributed by atoms with Crippen molar-refractivity contribution < 1.29 is 9.32 Å². The molecule has 1 aliphatic rings. The van der Waals surface area contributed by atoms with Crippen LogP contribution in [0.4, 0.5) is 0 Å². The molecule has 6 nitrogen and oxygen atoms in total. The predicted molar refractivity (Wildman–Crippen MR) is 98.0 cm³/mol. The Kier molecular flexibility index (Phi) is 5.75. The zero-order valence-electron chi connectivity index (χ0n) is 14.9. The van der Waals surface area contributed by atoms with Gasteiger partial charge in [-0.1, -0.05) is 35.0 Å². The number of amides is 1. The van der Waals surface area contributed by atoms with Crippen LogP contribution in [0.15, 0.2) is 28.8 Å². The Balaban J connectivity index is 1.59. The fourth-order valence-electron chi connectivity index (χ4n) is 2.98. The van der Waals surface area contributed by atoms with Gasteiger partial charge in [0.25, 0.3) is 0 Å². The molecule has 134 valence electrons. The first-order chi connectivity index (χ1) is 12.1. The molecule has 2 heterocycles. The second-order valence-electron chi connectivity index (χ2n) is 6.43. The van der Waals surface area contributed by atoms with Crippen molar-refractivity contribution in [2.75, 3.05) is 19.3 Å². The zero-order chi connectivity index (χ0) is 17.8. The maximum absolute atomic E-state index is 12.7. The summed E-state index contributed by atoms with van der Waals surface area (Å²) in [6, 6.07) is 8.16. The molecule has 1 saturated heterocycles. The highest BCUT2D eigenvalue weighted by atomic mass is 32.2. The van der Waals surface area contributed by atoms with Crippen LogP contribution in [0.2, 0.25) is 0 Å². The molecule has 1 aliphatic heterocycles. The Morgan fingerprint density at radius 2 is 2.00 bits per heavy atom. The Bertz CT molecular complexity index is 716.